The third kappa shape index (κ3) is 17.1. The van der Waals surface area contributed by atoms with Crippen LogP contribution in [0.3, 0.4) is 0 Å². The second-order valence-corrected chi connectivity index (χ2v) is 18.3. The fourth-order valence-corrected chi connectivity index (χ4v) is 8.00. The number of aliphatic hydroxyl groups excluding tert-OH is 3. The van der Waals surface area contributed by atoms with Crippen molar-refractivity contribution in [2.45, 2.75) is 180 Å². The highest BCUT2D eigenvalue weighted by atomic mass is 16.6. The van der Waals surface area contributed by atoms with E-state index in [0.717, 1.165) is 12.8 Å². The van der Waals surface area contributed by atoms with Crippen LogP contribution in [0, 0.1) is 16.7 Å². The van der Waals surface area contributed by atoms with Crippen molar-refractivity contribution in [3.63, 3.8) is 0 Å². The topological polar surface area (TPSA) is 240 Å². The van der Waals surface area contributed by atoms with Gasteiger partial charge in [-0.3, -0.25) is 14.4 Å². The third-order valence-electron chi connectivity index (χ3n) is 11.9. The highest BCUT2D eigenvalue weighted by Crippen LogP contribution is 2.49. The number of hydrogen-bond acceptors (Lipinski definition) is 17. The van der Waals surface area contributed by atoms with Crippen LogP contribution in [0.2, 0.25) is 0 Å². The molecule has 0 radical (unpaired) electrons. The summed E-state index contributed by atoms with van der Waals surface area (Å²) >= 11 is 0. The Bertz CT molecular complexity index is 1680. The molecule has 0 saturated carbocycles. The number of allylic oxidation sites excluding steroid dienone is 3. The van der Waals surface area contributed by atoms with Crippen molar-refractivity contribution < 1.29 is 82.3 Å². The summed E-state index contributed by atoms with van der Waals surface area (Å²) in [5.41, 5.74) is -1.71. The van der Waals surface area contributed by atoms with Crippen LogP contribution in [0.4, 0.5) is 0 Å². The van der Waals surface area contributed by atoms with Gasteiger partial charge in [0.1, 0.15) is 12.2 Å². The Labute approximate surface area is 377 Å². The van der Waals surface area contributed by atoms with Gasteiger partial charge in [0.15, 0.2) is 12.1 Å². The molecular weight excluding hydrogens is 836 g/mol. The van der Waals surface area contributed by atoms with Gasteiger partial charge in [0.25, 0.3) is 0 Å². The number of esters is 5. The summed E-state index contributed by atoms with van der Waals surface area (Å²) in [5, 5.41) is 46.3. The zero-order chi connectivity index (χ0) is 47.8. The summed E-state index contributed by atoms with van der Waals surface area (Å²) in [6.07, 6.45) is 2.48. The number of methoxy groups -OCH3 is 2. The first kappa shape index (κ1) is 54.4. The summed E-state index contributed by atoms with van der Waals surface area (Å²) in [6, 6.07) is 0. The molecule has 17 heteroatoms. The molecule has 4 bridgehead atoms. The number of carbonyl (C=O) groups is 5. The Morgan fingerprint density at radius 1 is 0.953 bits per heavy atom. The first-order chi connectivity index (χ1) is 30.0. The molecule has 3 heterocycles. The predicted octanol–water partition coefficient (Wildman–Crippen LogP) is 4.61. The Hall–Kier alpha value is -3.97. The van der Waals surface area contributed by atoms with E-state index in [-0.39, 0.29) is 58.0 Å². The van der Waals surface area contributed by atoms with E-state index in [2.05, 4.69) is 0 Å². The molecule has 2 fully saturated rings. The average Bonchev–Trinajstić information content (AvgIpc) is 3.19. The lowest BCUT2D eigenvalue weighted by atomic mass is 9.70. The molecular formula is C47H72O17. The molecule has 0 spiro atoms. The monoisotopic (exact) mass is 908 g/mol. The number of carbonyl (C=O) groups excluding carboxylic acids is 5. The Morgan fingerprint density at radius 2 is 1.67 bits per heavy atom. The minimum Gasteiger partial charge on any atom is -0.469 e. The first-order valence-corrected chi connectivity index (χ1v) is 22.2. The Balaban J connectivity index is 2.07. The standard InChI is InChI=1S/C47H72O17/c1-10-11-12-13-14-15-40(51)59-28-32(22-42(53)58-9)20-35-25-38(29(2)48)63-43(54)24-33(50)23-36-26-39(60-30(3)49)46(6,7)47(56,64-36)27-37-19-31(21-41(52)57-8)18-34(61-37)16-17-45(4,5)44(55)62-35/h12-17,21,29,32-39,44,48,50,55-56H,10-11,18-20,22-28H2,1-9H3/t29-,32?,33-,34+,35+,36-,37+,38-,39+,44-,47+/m1/s1. The van der Waals surface area contributed by atoms with Crippen LogP contribution in [0.25, 0.3) is 0 Å². The van der Waals surface area contributed by atoms with E-state index in [4.69, 9.17) is 37.9 Å². The normalized spacial score (nSPS) is 32.0. The molecule has 362 valence electrons. The molecule has 3 rings (SSSR count). The largest absolute Gasteiger partial charge is 0.469 e. The zero-order valence-electron chi connectivity index (χ0n) is 38.9. The lowest BCUT2D eigenvalue weighted by molar-refractivity contribution is -0.348. The quantitative estimate of drug-likeness (QED) is 0.0649. The highest BCUT2D eigenvalue weighted by Gasteiger charge is 2.58. The van der Waals surface area contributed by atoms with E-state index in [0.29, 0.717) is 5.57 Å². The number of fused-ring (bicyclic) bond motifs is 4. The molecule has 11 atom stereocenters. The number of hydrogen-bond donors (Lipinski definition) is 4. The molecule has 0 amide bonds. The summed E-state index contributed by atoms with van der Waals surface area (Å²) in [6.45, 7) is 11.2. The minimum atomic E-state index is -2.01. The van der Waals surface area contributed by atoms with Gasteiger partial charge in [0.2, 0.25) is 0 Å². The second kappa shape index (κ2) is 25.1. The zero-order valence-corrected chi connectivity index (χ0v) is 38.9. The molecule has 0 aromatic carbocycles. The van der Waals surface area contributed by atoms with Crippen LogP contribution in [-0.4, -0.2) is 132 Å². The van der Waals surface area contributed by atoms with Crippen molar-refractivity contribution in [3.8, 4) is 0 Å². The summed E-state index contributed by atoms with van der Waals surface area (Å²) in [7, 11) is 2.48. The van der Waals surface area contributed by atoms with Crippen molar-refractivity contribution in [3.05, 3.63) is 48.1 Å². The smallest absolute Gasteiger partial charge is 0.330 e. The average molecular weight is 909 g/mol. The van der Waals surface area contributed by atoms with Crippen molar-refractivity contribution >= 4 is 29.8 Å². The first-order valence-electron chi connectivity index (χ1n) is 22.2. The van der Waals surface area contributed by atoms with Crippen LogP contribution in [-0.2, 0) is 61.9 Å². The molecule has 0 aliphatic carbocycles. The van der Waals surface area contributed by atoms with Gasteiger partial charge in [-0.25, -0.2) is 9.59 Å². The number of ether oxygens (including phenoxy) is 8. The van der Waals surface area contributed by atoms with Gasteiger partial charge in [-0.05, 0) is 32.6 Å². The Morgan fingerprint density at radius 3 is 2.31 bits per heavy atom. The van der Waals surface area contributed by atoms with Crippen LogP contribution in [0.1, 0.15) is 119 Å². The lowest BCUT2D eigenvalue weighted by Gasteiger charge is -2.53. The van der Waals surface area contributed by atoms with E-state index in [1.165, 1.54) is 40.2 Å². The highest BCUT2D eigenvalue weighted by molar-refractivity contribution is 5.83. The van der Waals surface area contributed by atoms with E-state index in [1.807, 2.05) is 13.0 Å². The van der Waals surface area contributed by atoms with Gasteiger partial charge in [-0.15, -0.1) is 0 Å². The molecule has 4 N–H and O–H groups in total. The second-order valence-electron chi connectivity index (χ2n) is 18.3. The van der Waals surface area contributed by atoms with Crippen LogP contribution in [0.5, 0.6) is 0 Å². The molecule has 0 aromatic heterocycles. The molecule has 3 aliphatic rings. The summed E-state index contributed by atoms with van der Waals surface area (Å²) in [4.78, 5) is 63.5. The van der Waals surface area contributed by atoms with Gasteiger partial charge >= 0.3 is 29.8 Å². The van der Waals surface area contributed by atoms with Crippen LogP contribution in [0.15, 0.2) is 48.1 Å². The van der Waals surface area contributed by atoms with E-state index in [1.54, 1.807) is 52.0 Å². The van der Waals surface area contributed by atoms with Gasteiger partial charge in [-0.2, -0.15) is 0 Å². The predicted molar refractivity (Wildman–Crippen MR) is 230 cm³/mol. The number of cyclic esters (lactones) is 1. The van der Waals surface area contributed by atoms with Gasteiger partial charge < -0.3 is 58.3 Å². The SMILES string of the molecule is CCCC=CC=CC(=O)OCC(CC(=O)OC)C[C@H]1C[C@H]([C@@H](C)O)OC(=O)C[C@H](O)C[C@@H]2C[C@H](OC(C)=O)C(C)(C)[C@](O)(C[C@@H]3CC(=CC(=O)OC)C[C@H](C=CC(C)(C)[C@H](O)O1)O3)O2. The maximum absolute atomic E-state index is 13.4. The van der Waals surface area contributed by atoms with Gasteiger partial charge in [0, 0.05) is 56.1 Å². The van der Waals surface area contributed by atoms with Gasteiger partial charge in [-0.1, -0.05) is 77.0 Å². The van der Waals surface area contributed by atoms with Crippen molar-refractivity contribution in [1.82, 2.24) is 0 Å². The van der Waals surface area contributed by atoms with E-state index in [9.17, 15) is 44.4 Å². The number of unbranched alkanes of at least 4 members (excludes halogenated alkanes) is 1. The summed E-state index contributed by atoms with van der Waals surface area (Å²) < 4.78 is 45.9. The van der Waals surface area contributed by atoms with E-state index < -0.39 is 114 Å². The fourth-order valence-electron chi connectivity index (χ4n) is 8.00. The van der Waals surface area contributed by atoms with Crippen molar-refractivity contribution in [2.24, 2.45) is 16.7 Å². The minimum absolute atomic E-state index is 0.0282. The van der Waals surface area contributed by atoms with E-state index >= 15 is 0 Å². The van der Waals surface area contributed by atoms with Crippen molar-refractivity contribution in [1.29, 1.82) is 0 Å². The van der Waals surface area contributed by atoms with Crippen molar-refractivity contribution in [2.75, 3.05) is 20.8 Å². The van der Waals surface area contributed by atoms with Gasteiger partial charge in [0.05, 0.1) is 75.7 Å². The molecule has 17 nitrogen and oxygen atoms in total. The maximum atomic E-state index is 13.4. The molecule has 3 aliphatic heterocycles. The summed E-state index contributed by atoms with van der Waals surface area (Å²) in [5.74, 6) is -6.04. The number of rotatable bonds is 13. The molecule has 2 saturated heterocycles. The third-order valence-corrected chi connectivity index (χ3v) is 11.9. The molecule has 1 unspecified atom stereocenters. The van der Waals surface area contributed by atoms with Crippen LogP contribution >= 0.6 is 0 Å². The lowest BCUT2D eigenvalue weighted by Crippen LogP contribution is -2.62. The molecule has 64 heavy (non-hydrogen) atoms. The Kier molecular flexibility index (Phi) is 21.3. The molecule has 0 aromatic rings. The number of aliphatic hydroxyl groups is 4. The fraction of sp³-hybridized carbons (Fsp3) is 0.723. The van der Waals surface area contributed by atoms with Crippen LogP contribution < -0.4 is 0 Å². The maximum Gasteiger partial charge on any atom is 0.330 e.